The molecule has 0 atom stereocenters. The molecule has 1 heterocycles. The van der Waals surface area contributed by atoms with Crippen molar-refractivity contribution < 1.29 is 4.92 Å². The summed E-state index contributed by atoms with van der Waals surface area (Å²) in [6, 6.07) is 16.9. The molecule has 0 spiro atoms. The van der Waals surface area contributed by atoms with Gasteiger partial charge < -0.3 is 9.47 Å². The minimum atomic E-state index is -0.400. The Morgan fingerprint density at radius 3 is 2.46 bits per heavy atom. The number of non-ortho nitro benzene ring substituents is 1. The molecule has 0 aliphatic carbocycles. The van der Waals surface area contributed by atoms with Crippen LogP contribution in [0.5, 0.6) is 0 Å². The monoisotopic (exact) mass is 348 g/mol. The first kappa shape index (κ1) is 17.4. The molecule has 6 heteroatoms. The zero-order valence-corrected chi connectivity index (χ0v) is 15.0. The van der Waals surface area contributed by atoms with Gasteiger partial charge >= 0.3 is 0 Å². The summed E-state index contributed by atoms with van der Waals surface area (Å²) in [5.74, 6) is 0. The van der Waals surface area contributed by atoms with Gasteiger partial charge in [-0.25, -0.2) is 0 Å². The Kier molecular flexibility index (Phi) is 4.84. The lowest BCUT2D eigenvalue weighted by molar-refractivity contribution is -0.384. The first-order valence-corrected chi connectivity index (χ1v) is 8.20. The number of rotatable bonds is 5. The number of aryl methyl sites for hydroxylation is 1. The molecule has 6 nitrogen and oxygen atoms in total. The molecule has 0 radical (unpaired) electrons. The van der Waals surface area contributed by atoms with E-state index in [4.69, 9.17) is 0 Å². The van der Waals surface area contributed by atoms with Crippen LogP contribution in [0.1, 0.15) is 11.3 Å². The Bertz CT molecular complexity index is 956. The lowest BCUT2D eigenvalue weighted by Crippen LogP contribution is -2.08. The van der Waals surface area contributed by atoms with Crippen LogP contribution < -0.4 is 4.90 Å². The molecule has 0 bridgehead atoms. The Morgan fingerprint density at radius 2 is 1.85 bits per heavy atom. The Morgan fingerprint density at radius 1 is 1.12 bits per heavy atom. The number of nitro benzene ring substituents is 1. The maximum absolute atomic E-state index is 10.8. The van der Waals surface area contributed by atoms with E-state index in [2.05, 4.69) is 34.2 Å². The van der Waals surface area contributed by atoms with Crippen LogP contribution in [-0.2, 0) is 0 Å². The van der Waals surface area contributed by atoms with Gasteiger partial charge in [0.05, 0.1) is 22.5 Å². The van der Waals surface area contributed by atoms with Crippen LogP contribution in [0.2, 0.25) is 0 Å². The van der Waals surface area contributed by atoms with Crippen molar-refractivity contribution in [1.82, 2.24) is 4.57 Å². The Balaban J connectivity index is 1.87. The minimum absolute atomic E-state index is 0.0748. The second-order valence-corrected chi connectivity index (χ2v) is 6.20. The van der Waals surface area contributed by atoms with Crippen molar-refractivity contribution in [2.75, 3.05) is 19.0 Å². The lowest BCUT2D eigenvalue weighted by atomic mass is 10.2. The normalized spacial score (nSPS) is 11.0. The van der Waals surface area contributed by atoms with Crippen LogP contribution in [0.3, 0.4) is 0 Å². The van der Waals surface area contributed by atoms with Gasteiger partial charge in [-0.05, 0) is 55.0 Å². The molecular formula is C20H20N4O2. The molecule has 26 heavy (non-hydrogen) atoms. The van der Waals surface area contributed by atoms with Gasteiger partial charge in [0.1, 0.15) is 0 Å². The first-order valence-electron chi connectivity index (χ1n) is 8.20. The van der Waals surface area contributed by atoms with Gasteiger partial charge in [-0.3, -0.25) is 15.1 Å². The Hall–Kier alpha value is -3.41. The molecule has 1 aromatic heterocycles. The SMILES string of the molecule is Cc1cc([N+](=O)[O-])ccc1N=Cc1cccn1-c1ccc(N(C)C)cc1. The van der Waals surface area contributed by atoms with E-state index in [1.807, 2.05) is 43.9 Å². The highest BCUT2D eigenvalue weighted by molar-refractivity contribution is 5.81. The van der Waals surface area contributed by atoms with Crippen LogP contribution in [0.4, 0.5) is 17.1 Å². The molecule has 0 N–H and O–H groups in total. The van der Waals surface area contributed by atoms with Crippen LogP contribution in [0.15, 0.2) is 65.8 Å². The first-order chi connectivity index (χ1) is 12.5. The van der Waals surface area contributed by atoms with Gasteiger partial charge in [-0.2, -0.15) is 0 Å². The molecule has 132 valence electrons. The van der Waals surface area contributed by atoms with E-state index in [-0.39, 0.29) is 5.69 Å². The predicted octanol–water partition coefficient (Wildman–Crippen LogP) is 4.51. The van der Waals surface area contributed by atoms with Crippen LogP contribution in [0, 0.1) is 17.0 Å². The number of nitro groups is 1. The quantitative estimate of drug-likeness (QED) is 0.387. The van der Waals surface area contributed by atoms with Crippen molar-refractivity contribution in [2.24, 2.45) is 4.99 Å². The summed E-state index contributed by atoms with van der Waals surface area (Å²) in [7, 11) is 4.02. The average molecular weight is 348 g/mol. The second-order valence-electron chi connectivity index (χ2n) is 6.20. The zero-order chi connectivity index (χ0) is 18.7. The Labute approximate surface area is 152 Å². The third kappa shape index (κ3) is 3.64. The van der Waals surface area contributed by atoms with Crippen LogP contribution in [0.25, 0.3) is 5.69 Å². The van der Waals surface area contributed by atoms with Gasteiger partial charge in [0.2, 0.25) is 0 Å². The number of benzene rings is 2. The van der Waals surface area contributed by atoms with E-state index in [0.717, 1.165) is 22.6 Å². The number of anilines is 1. The second kappa shape index (κ2) is 7.23. The smallest absolute Gasteiger partial charge is 0.269 e. The maximum Gasteiger partial charge on any atom is 0.269 e. The number of hydrogen-bond donors (Lipinski definition) is 0. The van der Waals surface area contributed by atoms with Crippen molar-refractivity contribution in [3.63, 3.8) is 0 Å². The minimum Gasteiger partial charge on any atom is -0.378 e. The van der Waals surface area contributed by atoms with Gasteiger partial charge in [-0.1, -0.05) is 0 Å². The maximum atomic E-state index is 10.8. The highest BCUT2D eigenvalue weighted by atomic mass is 16.6. The third-order valence-corrected chi connectivity index (χ3v) is 4.15. The summed E-state index contributed by atoms with van der Waals surface area (Å²) in [4.78, 5) is 17.0. The molecule has 0 saturated carbocycles. The fourth-order valence-corrected chi connectivity index (χ4v) is 2.68. The third-order valence-electron chi connectivity index (χ3n) is 4.15. The molecule has 0 aliphatic rings. The highest BCUT2D eigenvalue weighted by Gasteiger charge is 2.07. The summed E-state index contributed by atoms with van der Waals surface area (Å²) >= 11 is 0. The summed E-state index contributed by atoms with van der Waals surface area (Å²) in [5, 5.41) is 10.8. The van der Waals surface area contributed by atoms with Crippen molar-refractivity contribution in [1.29, 1.82) is 0 Å². The van der Waals surface area contributed by atoms with E-state index >= 15 is 0 Å². The molecule has 0 saturated heterocycles. The van der Waals surface area contributed by atoms with E-state index < -0.39 is 4.92 Å². The predicted molar refractivity (Wildman–Crippen MR) is 105 cm³/mol. The van der Waals surface area contributed by atoms with Crippen molar-refractivity contribution in [3.05, 3.63) is 82.2 Å². The molecule has 3 rings (SSSR count). The molecule has 0 unspecified atom stereocenters. The molecule has 3 aromatic rings. The summed E-state index contributed by atoms with van der Waals surface area (Å²) in [5.41, 5.74) is 4.67. The topological polar surface area (TPSA) is 63.7 Å². The van der Waals surface area contributed by atoms with Gasteiger partial charge in [-0.15, -0.1) is 0 Å². The largest absolute Gasteiger partial charge is 0.378 e. The molecular weight excluding hydrogens is 328 g/mol. The number of nitrogens with zero attached hydrogens (tertiary/aromatic N) is 4. The van der Waals surface area contributed by atoms with E-state index in [1.54, 1.807) is 12.3 Å². The van der Waals surface area contributed by atoms with E-state index in [9.17, 15) is 10.1 Å². The van der Waals surface area contributed by atoms with Crippen molar-refractivity contribution in [3.8, 4) is 5.69 Å². The number of aromatic nitrogens is 1. The van der Waals surface area contributed by atoms with Gasteiger partial charge in [0, 0.05) is 43.8 Å². The van der Waals surface area contributed by atoms with E-state index in [0.29, 0.717) is 5.69 Å². The fraction of sp³-hybridized carbons (Fsp3) is 0.150. The van der Waals surface area contributed by atoms with E-state index in [1.165, 1.54) is 12.1 Å². The van der Waals surface area contributed by atoms with Crippen molar-refractivity contribution >= 4 is 23.3 Å². The van der Waals surface area contributed by atoms with Gasteiger partial charge in [0.25, 0.3) is 5.69 Å². The molecule has 0 fully saturated rings. The lowest BCUT2D eigenvalue weighted by Gasteiger charge is -2.13. The average Bonchev–Trinajstić information content (AvgIpc) is 3.09. The molecule has 2 aromatic carbocycles. The summed E-state index contributed by atoms with van der Waals surface area (Å²) < 4.78 is 2.05. The highest BCUT2D eigenvalue weighted by Crippen LogP contribution is 2.24. The van der Waals surface area contributed by atoms with Crippen molar-refractivity contribution in [2.45, 2.75) is 6.92 Å². The summed E-state index contributed by atoms with van der Waals surface area (Å²) in [6.45, 7) is 1.82. The van der Waals surface area contributed by atoms with Crippen LogP contribution in [-0.4, -0.2) is 29.8 Å². The van der Waals surface area contributed by atoms with Crippen LogP contribution >= 0.6 is 0 Å². The molecule has 0 aliphatic heterocycles. The zero-order valence-electron chi connectivity index (χ0n) is 15.0. The molecule has 0 amide bonds. The fourth-order valence-electron chi connectivity index (χ4n) is 2.68. The number of aliphatic imine (C=N–C) groups is 1. The standard InChI is InChI=1S/C20H20N4O2/c1-15-13-18(24(25)26)10-11-20(15)21-14-19-5-4-12-23(19)17-8-6-16(7-9-17)22(2)3/h4-14H,1-3H3. The number of hydrogen-bond acceptors (Lipinski definition) is 4. The van der Waals surface area contributed by atoms with Gasteiger partial charge in [0.15, 0.2) is 0 Å². The summed E-state index contributed by atoms with van der Waals surface area (Å²) in [6.07, 6.45) is 3.75.